The third-order valence-corrected chi connectivity index (χ3v) is 3.71. The van der Waals surface area contributed by atoms with Gasteiger partial charge in [-0.3, -0.25) is 0 Å². The lowest BCUT2D eigenvalue weighted by Crippen LogP contribution is -2.48. The van der Waals surface area contributed by atoms with Gasteiger partial charge in [-0.2, -0.15) is 0 Å². The smallest absolute Gasteiger partial charge is 0.0471 e. The Bertz CT molecular complexity index is 345. The van der Waals surface area contributed by atoms with Crippen molar-refractivity contribution in [3.05, 3.63) is 29.8 Å². The molecule has 1 spiro atoms. The Morgan fingerprint density at radius 1 is 1.13 bits per heavy atom. The zero-order valence-electron chi connectivity index (χ0n) is 8.95. The summed E-state index contributed by atoms with van der Waals surface area (Å²) in [6.07, 6.45) is 3.64. The molecule has 1 aliphatic heterocycles. The summed E-state index contributed by atoms with van der Waals surface area (Å²) in [6.45, 7) is 2.75. The van der Waals surface area contributed by atoms with Crippen LogP contribution in [0.4, 0.5) is 5.69 Å². The van der Waals surface area contributed by atoms with Crippen LogP contribution in [0.25, 0.3) is 0 Å². The summed E-state index contributed by atoms with van der Waals surface area (Å²) in [4.78, 5) is 2.45. The number of hydrogen-bond acceptors (Lipinski definition) is 2. The average molecular weight is 203 g/mol. The van der Waals surface area contributed by atoms with E-state index in [4.69, 9.17) is 5.11 Å². The van der Waals surface area contributed by atoms with Crippen LogP contribution in [0.1, 0.15) is 18.4 Å². The molecule has 1 aromatic rings. The van der Waals surface area contributed by atoms with E-state index in [-0.39, 0.29) is 6.61 Å². The van der Waals surface area contributed by atoms with Crippen LogP contribution in [-0.4, -0.2) is 24.8 Å². The first-order valence-electron chi connectivity index (χ1n) is 5.76. The summed E-state index contributed by atoms with van der Waals surface area (Å²) in [7, 11) is 0. The topological polar surface area (TPSA) is 23.5 Å². The van der Waals surface area contributed by atoms with Crippen LogP contribution in [0.3, 0.4) is 0 Å². The monoisotopic (exact) mass is 203 g/mol. The van der Waals surface area contributed by atoms with Crippen molar-refractivity contribution in [2.24, 2.45) is 5.41 Å². The van der Waals surface area contributed by atoms with E-state index in [1.807, 2.05) is 0 Å². The number of nitrogens with zero attached hydrogens (tertiary/aromatic N) is 1. The lowest BCUT2D eigenvalue weighted by atomic mass is 9.96. The van der Waals surface area contributed by atoms with E-state index in [1.54, 1.807) is 0 Å². The zero-order valence-corrected chi connectivity index (χ0v) is 8.95. The predicted octanol–water partition coefficient (Wildman–Crippen LogP) is 1.82. The SMILES string of the molecule is OCCc1ccc(N2CC3(CC3)C2)cc1. The second-order valence-electron chi connectivity index (χ2n) is 5.00. The molecule has 0 bridgehead atoms. The summed E-state index contributed by atoms with van der Waals surface area (Å²) in [5.41, 5.74) is 3.29. The van der Waals surface area contributed by atoms with Gasteiger partial charge < -0.3 is 10.0 Å². The van der Waals surface area contributed by atoms with Crippen molar-refractivity contribution in [1.29, 1.82) is 0 Å². The molecule has 1 saturated heterocycles. The molecule has 1 saturated carbocycles. The minimum absolute atomic E-state index is 0.242. The molecule has 80 valence electrons. The van der Waals surface area contributed by atoms with Crippen LogP contribution in [0.15, 0.2) is 24.3 Å². The molecule has 0 atom stereocenters. The Morgan fingerprint density at radius 3 is 2.33 bits per heavy atom. The van der Waals surface area contributed by atoms with Gasteiger partial charge in [-0.1, -0.05) is 12.1 Å². The van der Waals surface area contributed by atoms with Crippen molar-refractivity contribution in [1.82, 2.24) is 0 Å². The molecule has 2 aliphatic rings. The third-order valence-electron chi connectivity index (χ3n) is 3.71. The molecule has 3 rings (SSSR count). The fourth-order valence-electron chi connectivity index (χ4n) is 2.44. The molecule has 1 aromatic carbocycles. The fourth-order valence-corrected chi connectivity index (χ4v) is 2.44. The van der Waals surface area contributed by atoms with Gasteiger partial charge in [-0.15, -0.1) is 0 Å². The largest absolute Gasteiger partial charge is 0.396 e. The first kappa shape index (κ1) is 9.22. The van der Waals surface area contributed by atoms with E-state index in [9.17, 15) is 0 Å². The van der Waals surface area contributed by atoms with Gasteiger partial charge in [0.25, 0.3) is 0 Å². The molecular weight excluding hydrogens is 186 g/mol. The molecule has 2 fully saturated rings. The van der Waals surface area contributed by atoms with Crippen molar-refractivity contribution in [3.63, 3.8) is 0 Å². The molecule has 2 nitrogen and oxygen atoms in total. The fraction of sp³-hybridized carbons (Fsp3) is 0.538. The van der Waals surface area contributed by atoms with Crippen LogP contribution in [0, 0.1) is 5.41 Å². The molecule has 0 aromatic heterocycles. The van der Waals surface area contributed by atoms with Gasteiger partial charge >= 0.3 is 0 Å². The van der Waals surface area contributed by atoms with Crippen LogP contribution in [0.2, 0.25) is 0 Å². The highest BCUT2D eigenvalue weighted by Crippen LogP contribution is 2.53. The number of benzene rings is 1. The normalized spacial score (nSPS) is 21.5. The molecule has 2 heteroatoms. The van der Waals surface area contributed by atoms with Gasteiger partial charge in [0.15, 0.2) is 0 Å². The first-order valence-corrected chi connectivity index (χ1v) is 5.76. The quantitative estimate of drug-likeness (QED) is 0.810. The van der Waals surface area contributed by atoms with Crippen LogP contribution >= 0.6 is 0 Å². The molecule has 0 radical (unpaired) electrons. The highest BCUT2D eigenvalue weighted by atomic mass is 16.2. The standard InChI is InChI=1S/C13H17NO/c15-8-5-11-1-3-12(4-2-11)14-9-13(10-14)6-7-13/h1-4,15H,5-10H2. The number of aliphatic hydroxyl groups excluding tert-OH is 1. The number of hydrogen-bond donors (Lipinski definition) is 1. The van der Waals surface area contributed by atoms with E-state index in [2.05, 4.69) is 29.2 Å². The minimum atomic E-state index is 0.242. The van der Waals surface area contributed by atoms with Crippen molar-refractivity contribution in [2.45, 2.75) is 19.3 Å². The highest BCUT2D eigenvalue weighted by Gasteiger charge is 2.52. The van der Waals surface area contributed by atoms with Crippen LogP contribution < -0.4 is 4.90 Å². The van der Waals surface area contributed by atoms with Gasteiger partial charge in [-0.05, 0) is 37.0 Å². The van der Waals surface area contributed by atoms with Gasteiger partial charge in [0.2, 0.25) is 0 Å². The Balaban J connectivity index is 1.66. The second-order valence-corrected chi connectivity index (χ2v) is 5.00. The zero-order chi connectivity index (χ0) is 10.3. The summed E-state index contributed by atoms with van der Waals surface area (Å²) >= 11 is 0. The van der Waals surface area contributed by atoms with Gasteiger partial charge in [0.1, 0.15) is 0 Å². The van der Waals surface area contributed by atoms with E-state index in [0.717, 1.165) is 11.8 Å². The van der Waals surface area contributed by atoms with E-state index >= 15 is 0 Å². The van der Waals surface area contributed by atoms with Crippen molar-refractivity contribution in [3.8, 4) is 0 Å². The van der Waals surface area contributed by atoms with Gasteiger partial charge in [-0.25, -0.2) is 0 Å². The Hall–Kier alpha value is -1.02. The van der Waals surface area contributed by atoms with E-state index in [1.165, 1.54) is 37.2 Å². The van der Waals surface area contributed by atoms with E-state index in [0.29, 0.717) is 0 Å². The molecular formula is C13H17NO. The molecule has 1 N–H and O–H groups in total. The molecule has 0 unspecified atom stereocenters. The number of anilines is 1. The lowest BCUT2D eigenvalue weighted by Gasteiger charge is -2.42. The maximum absolute atomic E-state index is 8.82. The summed E-state index contributed by atoms with van der Waals surface area (Å²) in [5.74, 6) is 0. The number of aliphatic hydroxyl groups is 1. The van der Waals surface area contributed by atoms with Crippen LogP contribution in [-0.2, 0) is 6.42 Å². The third kappa shape index (κ3) is 1.63. The maximum atomic E-state index is 8.82. The lowest BCUT2D eigenvalue weighted by molar-refractivity contribution is 0.299. The van der Waals surface area contributed by atoms with Crippen molar-refractivity contribution in [2.75, 3.05) is 24.6 Å². The number of rotatable bonds is 3. The molecule has 15 heavy (non-hydrogen) atoms. The average Bonchev–Trinajstić information content (AvgIpc) is 2.97. The summed E-state index contributed by atoms with van der Waals surface area (Å²) < 4.78 is 0. The Labute approximate surface area is 90.5 Å². The maximum Gasteiger partial charge on any atom is 0.0471 e. The van der Waals surface area contributed by atoms with Crippen LogP contribution in [0.5, 0.6) is 0 Å². The highest BCUT2D eigenvalue weighted by molar-refractivity contribution is 5.51. The molecule has 1 aliphatic carbocycles. The summed E-state index contributed by atoms with van der Waals surface area (Å²) in [5, 5.41) is 8.82. The molecule has 0 amide bonds. The Morgan fingerprint density at radius 2 is 1.80 bits per heavy atom. The minimum Gasteiger partial charge on any atom is -0.396 e. The predicted molar refractivity (Wildman–Crippen MR) is 61.1 cm³/mol. The van der Waals surface area contributed by atoms with Gasteiger partial charge in [0.05, 0.1) is 0 Å². The second kappa shape index (κ2) is 3.24. The summed E-state index contributed by atoms with van der Waals surface area (Å²) in [6, 6.07) is 8.62. The van der Waals surface area contributed by atoms with Crippen molar-refractivity contribution < 1.29 is 5.11 Å². The van der Waals surface area contributed by atoms with Crippen molar-refractivity contribution >= 4 is 5.69 Å². The van der Waals surface area contributed by atoms with Gasteiger partial charge in [0, 0.05) is 30.8 Å². The molecule has 1 heterocycles. The van der Waals surface area contributed by atoms with E-state index < -0.39 is 0 Å². The first-order chi connectivity index (χ1) is 7.31. The Kier molecular flexibility index (Phi) is 1.99.